The molecule has 2 aromatic rings. The van der Waals surface area contributed by atoms with Crippen molar-refractivity contribution < 1.29 is 0 Å². The summed E-state index contributed by atoms with van der Waals surface area (Å²) in [6, 6.07) is 14.1. The second-order valence-corrected chi connectivity index (χ2v) is 6.92. The summed E-state index contributed by atoms with van der Waals surface area (Å²) in [5.74, 6) is 0. The Morgan fingerprint density at radius 3 is 2.57 bits per heavy atom. The second-order valence-electron chi connectivity index (χ2n) is 6.92. The SMILES string of the molecule is CN(C)c1cc2c(cc1NC1CCNCC1)-c1ccccc1C2. The van der Waals surface area contributed by atoms with Crippen molar-refractivity contribution in [1.29, 1.82) is 0 Å². The number of piperidine rings is 1. The zero-order valence-corrected chi connectivity index (χ0v) is 14.0. The van der Waals surface area contributed by atoms with Crippen LogP contribution in [-0.2, 0) is 6.42 Å². The molecule has 1 aliphatic heterocycles. The Morgan fingerprint density at radius 2 is 1.78 bits per heavy atom. The normalized spacial score (nSPS) is 16.8. The van der Waals surface area contributed by atoms with Crippen molar-refractivity contribution in [2.24, 2.45) is 0 Å². The molecule has 2 N–H and O–H groups in total. The molecule has 0 unspecified atom stereocenters. The summed E-state index contributed by atoms with van der Waals surface area (Å²) in [5, 5.41) is 7.25. The van der Waals surface area contributed by atoms with Crippen LogP contribution in [0.4, 0.5) is 11.4 Å². The molecule has 1 saturated heterocycles. The molecule has 3 heteroatoms. The van der Waals surface area contributed by atoms with E-state index in [1.807, 2.05) is 0 Å². The minimum absolute atomic E-state index is 0.574. The molecule has 23 heavy (non-hydrogen) atoms. The molecule has 0 aromatic heterocycles. The van der Waals surface area contributed by atoms with Gasteiger partial charge in [0.1, 0.15) is 0 Å². The van der Waals surface area contributed by atoms with Crippen LogP contribution in [-0.4, -0.2) is 33.2 Å². The Bertz CT molecular complexity index is 715. The van der Waals surface area contributed by atoms with Crippen LogP contribution in [0.15, 0.2) is 36.4 Å². The summed E-state index contributed by atoms with van der Waals surface area (Å²) in [4.78, 5) is 2.23. The Kier molecular flexibility index (Phi) is 3.74. The van der Waals surface area contributed by atoms with E-state index < -0.39 is 0 Å². The van der Waals surface area contributed by atoms with Gasteiger partial charge >= 0.3 is 0 Å². The largest absolute Gasteiger partial charge is 0.381 e. The van der Waals surface area contributed by atoms with Crippen LogP contribution in [0, 0.1) is 0 Å². The van der Waals surface area contributed by atoms with Crippen LogP contribution in [0.3, 0.4) is 0 Å². The average Bonchev–Trinajstić information content (AvgIpc) is 2.93. The third kappa shape index (κ3) is 2.70. The number of hydrogen-bond acceptors (Lipinski definition) is 3. The van der Waals surface area contributed by atoms with Crippen molar-refractivity contribution in [2.45, 2.75) is 25.3 Å². The first-order valence-electron chi connectivity index (χ1n) is 8.62. The number of fused-ring (bicyclic) bond motifs is 3. The minimum Gasteiger partial charge on any atom is -0.381 e. The van der Waals surface area contributed by atoms with Gasteiger partial charge in [-0.2, -0.15) is 0 Å². The fourth-order valence-electron chi connectivity index (χ4n) is 3.84. The highest BCUT2D eigenvalue weighted by Crippen LogP contribution is 2.42. The quantitative estimate of drug-likeness (QED) is 0.775. The Balaban J connectivity index is 1.73. The van der Waals surface area contributed by atoms with Crippen LogP contribution in [0.1, 0.15) is 24.0 Å². The van der Waals surface area contributed by atoms with Crippen LogP contribution < -0.4 is 15.5 Å². The number of benzene rings is 2. The molecule has 4 rings (SSSR count). The van der Waals surface area contributed by atoms with Gasteiger partial charge in [-0.05, 0) is 66.7 Å². The van der Waals surface area contributed by atoms with Gasteiger partial charge < -0.3 is 15.5 Å². The lowest BCUT2D eigenvalue weighted by Crippen LogP contribution is -2.35. The Morgan fingerprint density at radius 1 is 1.00 bits per heavy atom. The average molecular weight is 307 g/mol. The van der Waals surface area contributed by atoms with E-state index in [0.29, 0.717) is 6.04 Å². The summed E-state index contributed by atoms with van der Waals surface area (Å²) in [5.41, 5.74) is 8.29. The molecule has 0 spiro atoms. The number of nitrogens with zero attached hydrogens (tertiary/aromatic N) is 1. The van der Waals surface area contributed by atoms with Gasteiger partial charge in [0.2, 0.25) is 0 Å². The first-order chi connectivity index (χ1) is 11.2. The lowest BCUT2D eigenvalue weighted by atomic mass is 10.0. The van der Waals surface area contributed by atoms with Crippen LogP contribution in [0.5, 0.6) is 0 Å². The zero-order chi connectivity index (χ0) is 15.8. The summed E-state index contributed by atoms with van der Waals surface area (Å²) in [6.07, 6.45) is 3.45. The lowest BCUT2D eigenvalue weighted by Gasteiger charge is -2.28. The van der Waals surface area contributed by atoms with E-state index in [1.165, 1.54) is 46.5 Å². The number of rotatable bonds is 3. The van der Waals surface area contributed by atoms with E-state index in [9.17, 15) is 0 Å². The predicted molar refractivity (Wildman–Crippen MR) is 98.5 cm³/mol. The van der Waals surface area contributed by atoms with E-state index in [2.05, 4.69) is 66.0 Å². The van der Waals surface area contributed by atoms with E-state index in [-0.39, 0.29) is 0 Å². The summed E-state index contributed by atoms with van der Waals surface area (Å²) >= 11 is 0. The van der Waals surface area contributed by atoms with E-state index in [1.54, 1.807) is 0 Å². The maximum atomic E-state index is 3.81. The Labute approximate surface area is 138 Å². The molecular formula is C20H25N3. The minimum atomic E-state index is 0.574. The fraction of sp³-hybridized carbons (Fsp3) is 0.400. The van der Waals surface area contributed by atoms with Crippen LogP contribution in [0.25, 0.3) is 11.1 Å². The molecule has 0 atom stereocenters. The third-order valence-electron chi connectivity index (χ3n) is 5.09. The maximum Gasteiger partial charge on any atom is 0.0600 e. The fourth-order valence-corrected chi connectivity index (χ4v) is 3.84. The smallest absolute Gasteiger partial charge is 0.0600 e. The molecule has 1 fully saturated rings. The van der Waals surface area contributed by atoms with Crippen molar-refractivity contribution in [3.8, 4) is 11.1 Å². The highest BCUT2D eigenvalue weighted by atomic mass is 15.1. The predicted octanol–water partition coefficient (Wildman–Crippen LogP) is 3.49. The molecule has 2 aliphatic rings. The van der Waals surface area contributed by atoms with E-state index >= 15 is 0 Å². The van der Waals surface area contributed by atoms with Crippen molar-refractivity contribution in [3.63, 3.8) is 0 Å². The topological polar surface area (TPSA) is 27.3 Å². The molecule has 1 aliphatic carbocycles. The van der Waals surface area contributed by atoms with Gasteiger partial charge in [0, 0.05) is 20.1 Å². The van der Waals surface area contributed by atoms with E-state index in [4.69, 9.17) is 0 Å². The van der Waals surface area contributed by atoms with Gasteiger partial charge in [-0.25, -0.2) is 0 Å². The van der Waals surface area contributed by atoms with Gasteiger partial charge in [0.05, 0.1) is 11.4 Å². The zero-order valence-electron chi connectivity index (χ0n) is 14.0. The van der Waals surface area contributed by atoms with Gasteiger partial charge in [-0.1, -0.05) is 24.3 Å². The summed E-state index contributed by atoms with van der Waals surface area (Å²) < 4.78 is 0. The molecule has 2 aromatic carbocycles. The van der Waals surface area contributed by atoms with Gasteiger partial charge in [-0.15, -0.1) is 0 Å². The lowest BCUT2D eigenvalue weighted by molar-refractivity contribution is 0.479. The highest BCUT2D eigenvalue weighted by molar-refractivity contribution is 5.85. The number of hydrogen-bond donors (Lipinski definition) is 2. The molecule has 0 radical (unpaired) electrons. The van der Waals surface area contributed by atoms with Gasteiger partial charge in [0.15, 0.2) is 0 Å². The number of anilines is 2. The standard InChI is InChI=1S/C20H25N3/c1-23(2)20-12-15-11-14-5-3-4-6-17(14)18(15)13-19(20)22-16-7-9-21-10-8-16/h3-6,12-13,16,21-22H,7-11H2,1-2H3. The summed E-state index contributed by atoms with van der Waals surface area (Å²) in [7, 11) is 4.27. The van der Waals surface area contributed by atoms with Crippen molar-refractivity contribution >= 4 is 11.4 Å². The van der Waals surface area contributed by atoms with E-state index in [0.717, 1.165) is 19.5 Å². The maximum absolute atomic E-state index is 3.81. The third-order valence-corrected chi connectivity index (χ3v) is 5.09. The summed E-state index contributed by atoms with van der Waals surface area (Å²) in [6.45, 7) is 2.23. The molecule has 120 valence electrons. The second kappa shape index (κ2) is 5.89. The van der Waals surface area contributed by atoms with Crippen molar-refractivity contribution in [3.05, 3.63) is 47.5 Å². The van der Waals surface area contributed by atoms with Gasteiger partial charge in [0.25, 0.3) is 0 Å². The Hall–Kier alpha value is -2.00. The molecule has 0 amide bonds. The van der Waals surface area contributed by atoms with Crippen LogP contribution in [0.2, 0.25) is 0 Å². The molecule has 3 nitrogen and oxygen atoms in total. The van der Waals surface area contributed by atoms with Crippen molar-refractivity contribution in [1.82, 2.24) is 5.32 Å². The molecular weight excluding hydrogens is 282 g/mol. The highest BCUT2D eigenvalue weighted by Gasteiger charge is 2.22. The monoisotopic (exact) mass is 307 g/mol. The van der Waals surface area contributed by atoms with Gasteiger partial charge in [-0.3, -0.25) is 0 Å². The van der Waals surface area contributed by atoms with Crippen molar-refractivity contribution in [2.75, 3.05) is 37.4 Å². The molecule has 1 heterocycles. The first kappa shape index (κ1) is 14.6. The molecule has 0 saturated carbocycles. The first-order valence-corrected chi connectivity index (χ1v) is 8.62. The molecule has 0 bridgehead atoms. The number of nitrogens with one attached hydrogen (secondary N) is 2. The van der Waals surface area contributed by atoms with Crippen LogP contribution >= 0.6 is 0 Å².